The van der Waals surface area contributed by atoms with Crippen LogP contribution in [0.2, 0.25) is 0 Å². The second-order valence-electron chi connectivity index (χ2n) is 9.99. The zero-order valence-electron chi connectivity index (χ0n) is 22.2. The minimum absolute atomic E-state index is 0.0222. The summed E-state index contributed by atoms with van der Waals surface area (Å²) in [5, 5.41) is 27.0. The largest absolute Gasteiger partial charge is 0.465 e. The first kappa shape index (κ1) is 30.5. The average molecular weight is 527 g/mol. The van der Waals surface area contributed by atoms with Gasteiger partial charge in [-0.3, -0.25) is 10.7 Å². The van der Waals surface area contributed by atoms with Gasteiger partial charge in [0.25, 0.3) is 0 Å². The Kier molecular flexibility index (Phi) is 11.4. The summed E-state index contributed by atoms with van der Waals surface area (Å²) in [6.45, 7) is 7.19. The molecule has 0 fully saturated rings. The Morgan fingerprint density at radius 3 is 1.82 bits per heavy atom. The highest BCUT2D eigenvalue weighted by atomic mass is 16.4. The summed E-state index contributed by atoms with van der Waals surface area (Å²) in [5.41, 5.74) is 2.11. The highest BCUT2D eigenvalue weighted by Crippen LogP contribution is 2.29. The van der Waals surface area contributed by atoms with Crippen LogP contribution in [-0.4, -0.2) is 63.8 Å². The van der Waals surface area contributed by atoms with E-state index >= 15 is 0 Å². The van der Waals surface area contributed by atoms with Crippen molar-refractivity contribution in [2.45, 2.75) is 64.3 Å². The lowest BCUT2D eigenvalue weighted by Crippen LogP contribution is -2.78. The Bertz CT molecular complexity index is 1050. The molecule has 0 spiro atoms. The number of hydrogen-bond donors (Lipinski definition) is 5. The lowest BCUT2D eigenvalue weighted by atomic mass is 9.84. The van der Waals surface area contributed by atoms with E-state index in [1.165, 1.54) is 5.01 Å². The van der Waals surface area contributed by atoms with Crippen molar-refractivity contribution in [2.75, 3.05) is 0 Å². The van der Waals surface area contributed by atoms with Crippen LogP contribution in [0.5, 0.6) is 0 Å². The van der Waals surface area contributed by atoms with E-state index in [0.717, 1.165) is 11.8 Å². The van der Waals surface area contributed by atoms with Crippen LogP contribution in [0.15, 0.2) is 60.7 Å². The molecule has 38 heavy (non-hydrogen) atoms. The van der Waals surface area contributed by atoms with Crippen LogP contribution in [0.4, 0.5) is 9.59 Å². The zero-order valence-corrected chi connectivity index (χ0v) is 22.2. The maximum Gasteiger partial charge on any atom is 0.419 e. The Morgan fingerprint density at radius 1 is 0.842 bits per heavy atom. The third-order valence-corrected chi connectivity index (χ3v) is 6.52. The maximum atomic E-state index is 12.4. The molecule has 0 radical (unpaired) electrons. The first-order valence-corrected chi connectivity index (χ1v) is 12.6. The van der Waals surface area contributed by atoms with Gasteiger partial charge < -0.3 is 25.1 Å². The molecular formula is C28H38N4O6. The molecule has 0 heterocycles. The number of hydrazine groups is 1. The molecule has 10 nitrogen and oxygen atoms in total. The summed E-state index contributed by atoms with van der Waals surface area (Å²) in [6.07, 6.45) is -1.33. The summed E-state index contributed by atoms with van der Waals surface area (Å²) in [5.74, 6) is -0.549. The second kappa shape index (κ2) is 14.3. The average Bonchev–Trinajstić information content (AvgIpc) is 2.86. The summed E-state index contributed by atoms with van der Waals surface area (Å²) in [6, 6.07) is 15.6. The first-order valence-electron chi connectivity index (χ1n) is 12.6. The van der Waals surface area contributed by atoms with E-state index < -0.39 is 41.9 Å². The van der Waals surface area contributed by atoms with Gasteiger partial charge in [-0.2, -0.15) is 5.01 Å². The molecular weight excluding hydrogens is 488 g/mol. The van der Waals surface area contributed by atoms with E-state index in [1.54, 1.807) is 38.1 Å². The van der Waals surface area contributed by atoms with Gasteiger partial charge in [0, 0.05) is 6.42 Å². The lowest BCUT2D eigenvalue weighted by Gasteiger charge is -2.51. The summed E-state index contributed by atoms with van der Waals surface area (Å²) < 4.78 is 0. The van der Waals surface area contributed by atoms with Gasteiger partial charge in [0.1, 0.15) is 18.2 Å². The van der Waals surface area contributed by atoms with Gasteiger partial charge >= 0.3 is 12.2 Å². The molecule has 206 valence electrons. The van der Waals surface area contributed by atoms with E-state index in [2.05, 4.69) is 16.1 Å². The summed E-state index contributed by atoms with van der Waals surface area (Å²) in [7, 11) is 0. The van der Waals surface area contributed by atoms with E-state index in [-0.39, 0.29) is 18.8 Å². The van der Waals surface area contributed by atoms with Crippen molar-refractivity contribution in [2.24, 2.45) is 11.8 Å². The molecule has 2 unspecified atom stereocenters. The minimum atomic E-state index is -1.74. The number of nitrogens with zero attached hydrogens (tertiary/aromatic N) is 1. The van der Waals surface area contributed by atoms with Gasteiger partial charge in [0.05, 0.1) is 18.1 Å². The SMILES string of the molecule is CC(C)C(C=O)N[C@@H](Cc1ccccc1)C(Cc1ccccc1)(NC(=O)O)N(NC(=O)O)[C@H](C=O)C(C)C. The van der Waals surface area contributed by atoms with Crippen LogP contribution in [0.3, 0.4) is 0 Å². The van der Waals surface area contributed by atoms with E-state index in [0.29, 0.717) is 11.8 Å². The van der Waals surface area contributed by atoms with Crippen molar-refractivity contribution in [3.05, 3.63) is 71.8 Å². The Balaban J connectivity index is 2.90. The van der Waals surface area contributed by atoms with E-state index in [1.807, 2.05) is 50.2 Å². The van der Waals surface area contributed by atoms with E-state index in [9.17, 15) is 29.4 Å². The fourth-order valence-electron chi connectivity index (χ4n) is 4.56. The van der Waals surface area contributed by atoms with Crippen LogP contribution >= 0.6 is 0 Å². The third-order valence-electron chi connectivity index (χ3n) is 6.52. The van der Waals surface area contributed by atoms with Crippen LogP contribution in [-0.2, 0) is 22.4 Å². The van der Waals surface area contributed by atoms with Crippen molar-refractivity contribution in [1.29, 1.82) is 0 Å². The number of aldehydes is 2. The number of benzene rings is 2. The maximum absolute atomic E-state index is 12.4. The van der Waals surface area contributed by atoms with Gasteiger partial charge in [-0.05, 0) is 29.4 Å². The third kappa shape index (κ3) is 8.12. The molecule has 0 saturated heterocycles. The molecule has 2 rings (SSSR count). The van der Waals surface area contributed by atoms with E-state index in [4.69, 9.17) is 0 Å². The molecule has 2 aromatic carbocycles. The van der Waals surface area contributed by atoms with Crippen molar-refractivity contribution in [3.63, 3.8) is 0 Å². The van der Waals surface area contributed by atoms with Gasteiger partial charge in [0.2, 0.25) is 0 Å². The number of hydrogen-bond acceptors (Lipinski definition) is 6. The first-order chi connectivity index (χ1) is 18.0. The molecule has 0 aliphatic carbocycles. The summed E-state index contributed by atoms with van der Waals surface area (Å²) >= 11 is 0. The van der Waals surface area contributed by atoms with Crippen molar-refractivity contribution < 1.29 is 29.4 Å². The molecule has 4 atom stereocenters. The van der Waals surface area contributed by atoms with Gasteiger partial charge in [-0.1, -0.05) is 88.4 Å². The van der Waals surface area contributed by atoms with Crippen LogP contribution in [0.1, 0.15) is 38.8 Å². The lowest BCUT2D eigenvalue weighted by molar-refractivity contribution is -0.124. The molecule has 0 aromatic heterocycles. The molecule has 5 N–H and O–H groups in total. The quantitative estimate of drug-likeness (QED) is 0.135. The number of carbonyl (C=O) groups excluding carboxylic acids is 2. The smallest absolute Gasteiger partial charge is 0.419 e. The predicted octanol–water partition coefficient (Wildman–Crippen LogP) is 3.33. The Labute approximate surface area is 223 Å². The molecule has 0 saturated carbocycles. The van der Waals surface area contributed by atoms with Gasteiger partial charge in [-0.25, -0.2) is 9.59 Å². The highest BCUT2D eigenvalue weighted by molar-refractivity contribution is 5.68. The minimum Gasteiger partial charge on any atom is -0.465 e. The van der Waals surface area contributed by atoms with Gasteiger partial charge in [0.15, 0.2) is 0 Å². The number of carboxylic acid groups (broad SMARTS) is 2. The Hall–Kier alpha value is -3.76. The normalized spacial score (nSPS) is 15.3. The van der Waals surface area contributed by atoms with Crippen LogP contribution < -0.4 is 16.1 Å². The molecule has 2 amide bonds. The zero-order chi connectivity index (χ0) is 28.3. The number of carbonyl (C=O) groups is 4. The Morgan fingerprint density at radius 2 is 1.39 bits per heavy atom. The molecule has 2 aromatic rings. The second-order valence-corrected chi connectivity index (χ2v) is 9.99. The summed E-state index contributed by atoms with van der Waals surface area (Å²) in [4.78, 5) is 49.0. The highest BCUT2D eigenvalue weighted by Gasteiger charge is 2.50. The number of amides is 2. The fraction of sp³-hybridized carbons (Fsp3) is 0.429. The standard InChI is InChI=1S/C28H38N4O6/c1-19(2)23(17-33)29-25(15-21-11-7-5-8-12-21)28(30-26(35)36,16-22-13-9-6-10-14-22)32(31-27(37)38)24(18-34)20(3)4/h5-14,17-20,23-25,29-31H,15-16H2,1-4H3,(H,35,36)(H,37,38)/t23?,24-,25+,28?/m1/s1. The van der Waals surface area contributed by atoms with Crippen LogP contribution in [0, 0.1) is 11.8 Å². The molecule has 0 aliphatic rings. The number of rotatable bonds is 15. The van der Waals surface area contributed by atoms with Crippen molar-refractivity contribution in [1.82, 2.24) is 21.1 Å². The molecule has 0 aliphatic heterocycles. The fourth-order valence-corrected chi connectivity index (χ4v) is 4.56. The molecule has 10 heteroatoms. The van der Waals surface area contributed by atoms with Crippen LogP contribution in [0.25, 0.3) is 0 Å². The monoisotopic (exact) mass is 526 g/mol. The van der Waals surface area contributed by atoms with Crippen molar-refractivity contribution >= 4 is 24.8 Å². The topological polar surface area (TPSA) is 148 Å². The van der Waals surface area contributed by atoms with Gasteiger partial charge in [-0.15, -0.1) is 0 Å². The predicted molar refractivity (Wildman–Crippen MR) is 143 cm³/mol. The molecule has 0 bridgehead atoms. The van der Waals surface area contributed by atoms with Crippen molar-refractivity contribution in [3.8, 4) is 0 Å². The number of nitrogens with one attached hydrogen (secondary N) is 3.